The fraction of sp³-hybridized carbons (Fsp3) is 0.733. The molecular weight excluding hydrogens is 250 g/mol. The first-order valence-electron chi connectivity index (χ1n) is 7.70. The van der Waals surface area contributed by atoms with Crippen LogP contribution in [0.4, 0.5) is 11.6 Å². The van der Waals surface area contributed by atoms with Gasteiger partial charge in [-0.05, 0) is 38.0 Å². The van der Waals surface area contributed by atoms with Crippen molar-refractivity contribution in [3.05, 3.63) is 11.4 Å². The second kappa shape index (κ2) is 5.20. The Hall–Kier alpha value is -1.36. The lowest BCUT2D eigenvalue weighted by molar-refractivity contribution is 0.438. The Morgan fingerprint density at radius 1 is 1.15 bits per heavy atom. The summed E-state index contributed by atoms with van der Waals surface area (Å²) in [5, 5.41) is 3.66. The maximum absolute atomic E-state index is 5.59. The third-order valence-corrected chi connectivity index (χ3v) is 4.88. The average molecular weight is 275 g/mol. The molecule has 0 aliphatic heterocycles. The molecule has 0 spiro atoms. The molecule has 0 radical (unpaired) electrons. The number of fused-ring (bicyclic) bond motifs is 2. The molecule has 5 nitrogen and oxygen atoms in total. The van der Waals surface area contributed by atoms with Crippen LogP contribution in [-0.2, 0) is 0 Å². The summed E-state index contributed by atoms with van der Waals surface area (Å²) in [6, 6.07) is 0.577. The van der Waals surface area contributed by atoms with Gasteiger partial charge in [0.15, 0.2) is 0 Å². The van der Waals surface area contributed by atoms with Gasteiger partial charge in [-0.3, -0.25) is 0 Å². The van der Waals surface area contributed by atoms with E-state index in [0.717, 1.165) is 34.9 Å². The highest BCUT2D eigenvalue weighted by Gasteiger charge is 2.39. The Labute approximate surface area is 120 Å². The second-order valence-electron chi connectivity index (χ2n) is 6.63. The molecule has 110 valence electrons. The number of nitrogen functional groups attached to an aromatic ring is 1. The minimum Gasteiger partial charge on any atom is -0.367 e. The minimum atomic E-state index is 0.295. The number of hydrazine groups is 1. The van der Waals surface area contributed by atoms with Crippen molar-refractivity contribution in [2.45, 2.75) is 58.4 Å². The first-order chi connectivity index (χ1) is 9.58. The van der Waals surface area contributed by atoms with Crippen LogP contribution in [-0.4, -0.2) is 16.0 Å². The van der Waals surface area contributed by atoms with E-state index in [1.807, 2.05) is 6.92 Å². The second-order valence-corrected chi connectivity index (χ2v) is 6.63. The minimum absolute atomic E-state index is 0.295. The zero-order valence-corrected chi connectivity index (χ0v) is 12.6. The van der Waals surface area contributed by atoms with Gasteiger partial charge in [0.05, 0.1) is 0 Å². The van der Waals surface area contributed by atoms with Gasteiger partial charge in [0.25, 0.3) is 0 Å². The largest absolute Gasteiger partial charge is 0.367 e. The number of anilines is 2. The quantitative estimate of drug-likeness (QED) is 0.582. The molecule has 0 amide bonds. The van der Waals surface area contributed by atoms with Crippen LogP contribution in [0, 0.1) is 18.8 Å². The van der Waals surface area contributed by atoms with Gasteiger partial charge in [-0.15, -0.1) is 0 Å². The van der Waals surface area contributed by atoms with Crippen LogP contribution in [0.1, 0.15) is 56.8 Å². The molecular formula is C15H25N5. The highest BCUT2D eigenvalue weighted by atomic mass is 15.3. The highest BCUT2D eigenvalue weighted by Crippen LogP contribution is 2.45. The molecule has 20 heavy (non-hydrogen) atoms. The molecule has 3 atom stereocenters. The summed E-state index contributed by atoms with van der Waals surface area (Å²) in [7, 11) is 0. The first kappa shape index (κ1) is 13.6. The molecule has 0 aromatic carbocycles. The van der Waals surface area contributed by atoms with Gasteiger partial charge in [0.2, 0.25) is 0 Å². The fourth-order valence-electron chi connectivity index (χ4n) is 3.67. The first-order valence-corrected chi connectivity index (χ1v) is 7.70. The normalized spacial score (nSPS) is 28.1. The maximum atomic E-state index is 5.59. The van der Waals surface area contributed by atoms with E-state index >= 15 is 0 Å². The smallest absolute Gasteiger partial charge is 0.148 e. The number of aromatic nitrogens is 2. The van der Waals surface area contributed by atoms with Crippen molar-refractivity contribution in [3.8, 4) is 0 Å². The van der Waals surface area contributed by atoms with Gasteiger partial charge in [-0.2, -0.15) is 0 Å². The molecule has 3 unspecified atom stereocenters. The molecule has 0 saturated heterocycles. The van der Waals surface area contributed by atoms with Crippen molar-refractivity contribution in [3.63, 3.8) is 0 Å². The van der Waals surface area contributed by atoms with E-state index in [1.54, 1.807) is 0 Å². The molecule has 2 aliphatic rings. The number of nitrogens with zero attached hydrogens (tertiary/aromatic N) is 2. The van der Waals surface area contributed by atoms with Gasteiger partial charge < -0.3 is 10.7 Å². The third-order valence-electron chi connectivity index (χ3n) is 4.88. The number of hydrogen-bond acceptors (Lipinski definition) is 5. The van der Waals surface area contributed by atoms with Gasteiger partial charge in [-0.1, -0.05) is 20.3 Å². The SMILES string of the molecule is Cc1c(NN)nc(C(C)C)nc1NC1CC2CCC1C2. The molecule has 1 aromatic heterocycles. The summed E-state index contributed by atoms with van der Waals surface area (Å²) in [5.74, 6) is 10.2. The van der Waals surface area contributed by atoms with E-state index in [4.69, 9.17) is 10.8 Å². The van der Waals surface area contributed by atoms with Gasteiger partial charge in [-0.25, -0.2) is 15.8 Å². The van der Waals surface area contributed by atoms with Crippen molar-refractivity contribution in [1.29, 1.82) is 0 Å². The van der Waals surface area contributed by atoms with Crippen LogP contribution < -0.4 is 16.6 Å². The Bertz CT molecular complexity index is 499. The molecule has 1 aromatic rings. The summed E-state index contributed by atoms with van der Waals surface area (Å²) in [5.41, 5.74) is 3.71. The van der Waals surface area contributed by atoms with Crippen LogP contribution in [0.5, 0.6) is 0 Å². The lowest BCUT2D eigenvalue weighted by Gasteiger charge is -2.25. The van der Waals surface area contributed by atoms with E-state index < -0.39 is 0 Å². The molecule has 3 rings (SSSR count). The third kappa shape index (κ3) is 2.35. The van der Waals surface area contributed by atoms with Crippen molar-refractivity contribution >= 4 is 11.6 Å². The predicted octanol–water partition coefficient (Wildman–Crippen LogP) is 2.79. The van der Waals surface area contributed by atoms with E-state index in [-0.39, 0.29) is 0 Å². The van der Waals surface area contributed by atoms with E-state index in [2.05, 4.69) is 29.6 Å². The van der Waals surface area contributed by atoms with E-state index in [0.29, 0.717) is 12.0 Å². The standard InChI is InChI=1S/C15H25N5/c1-8(2)13-18-14(9(3)15(19-13)20-16)17-12-7-10-4-5-11(12)6-10/h8,10-12H,4-7,16H2,1-3H3,(H2,17,18,19,20). The van der Waals surface area contributed by atoms with Crippen LogP contribution in [0.3, 0.4) is 0 Å². The van der Waals surface area contributed by atoms with Crippen LogP contribution >= 0.6 is 0 Å². The zero-order chi connectivity index (χ0) is 14.3. The Kier molecular flexibility index (Phi) is 3.54. The molecule has 1 heterocycles. The maximum Gasteiger partial charge on any atom is 0.148 e. The van der Waals surface area contributed by atoms with Crippen molar-refractivity contribution in [2.75, 3.05) is 10.7 Å². The van der Waals surface area contributed by atoms with Gasteiger partial charge in [0, 0.05) is 17.5 Å². The number of hydrogen-bond donors (Lipinski definition) is 3. The topological polar surface area (TPSA) is 75.9 Å². The number of rotatable bonds is 4. The predicted molar refractivity (Wildman–Crippen MR) is 81.5 cm³/mol. The lowest BCUT2D eigenvalue weighted by atomic mass is 9.95. The lowest BCUT2D eigenvalue weighted by Crippen LogP contribution is -2.27. The molecule has 2 saturated carbocycles. The molecule has 4 N–H and O–H groups in total. The average Bonchev–Trinajstić information content (AvgIpc) is 3.03. The summed E-state index contributed by atoms with van der Waals surface area (Å²) < 4.78 is 0. The van der Waals surface area contributed by atoms with Crippen molar-refractivity contribution in [2.24, 2.45) is 17.7 Å². The Morgan fingerprint density at radius 2 is 1.90 bits per heavy atom. The summed E-state index contributed by atoms with van der Waals surface area (Å²) >= 11 is 0. The molecule has 2 aliphatic carbocycles. The molecule has 2 fully saturated rings. The number of nitrogens with two attached hydrogens (primary N) is 1. The van der Waals surface area contributed by atoms with Gasteiger partial charge in [0.1, 0.15) is 17.5 Å². The summed E-state index contributed by atoms with van der Waals surface area (Å²) in [6.45, 7) is 6.23. The van der Waals surface area contributed by atoms with E-state index in [1.165, 1.54) is 25.7 Å². The van der Waals surface area contributed by atoms with Gasteiger partial charge >= 0.3 is 0 Å². The Balaban J connectivity index is 1.86. The monoisotopic (exact) mass is 275 g/mol. The van der Waals surface area contributed by atoms with Crippen LogP contribution in [0.25, 0.3) is 0 Å². The van der Waals surface area contributed by atoms with Crippen molar-refractivity contribution in [1.82, 2.24) is 9.97 Å². The van der Waals surface area contributed by atoms with Crippen molar-refractivity contribution < 1.29 is 0 Å². The molecule has 2 bridgehead atoms. The zero-order valence-electron chi connectivity index (χ0n) is 12.6. The summed E-state index contributed by atoms with van der Waals surface area (Å²) in [6.07, 6.45) is 5.46. The van der Waals surface area contributed by atoms with E-state index in [9.17, 15) is 0 Å². The van der Waals surface area contributed by atoms with Crippen LogP contribution in [0.2, 0.25) is 0 Å². The fourth-order valence-corrected chi connectivity index (χ4v) is 3.67. The van der Waals surface area contributed by atoms with Crippen LogP contribution in [0.15, 0.2) is 0 Å². The highest BCUT2D eigenvalue weighted by molar-refractivity contribution is 5.57. The Morgan fingerprint density at radius 3 is 2.45 bits per heavy atom. The number of nitrogens with one attached hydrogen (secondary N) is 2. The molecule has 5 heteroatoms. The summed E-state index contributed by atoms with van der Waals surface area (Å²) in [4.78, 5) is 9.20.